The highest BCUT2D eigenvalue weighted by molar-refractivity contribution is 5.08. The zero-order valence-corrected chi connectivity index (χ0v) is 10.5. The van der Waals surface area contributed by atoms with Gasteiger partial charge in [0.15, 0.2) is 0 Å². The van der Waals surface area contributed by atoms with Crippen LogP contribution in [-0.4, -0.2) is 23.7 Å². The van der Waals surface area contributed by atoms with Crippen LogP contribution >= 0.6 is 0 Å². The first kappa shape index (κ1) is 15.0. The lowest BCUT2D eigenvalue weighted by molar-refractivity contribution is -0.136. The molecule has 0 aliphatic heterocycles. The smallest absolute Gasteiger partial charge is 0.314 e. The molecule has 18 heavy (non-hydrogen) atoms. The van der Waals surface area contributed by atoms with Gasteiger partial charge < -0.3 is 5.32 Å². The molecule has 0 aliphatic carbocycles. The van der Waals surface area contributed by atoms with E-state index in [4.69, 9.17) is 0 Å². The van der Waals surface area contributed by atoms with Gasteiger partial charge in [0.05, 0.1) is 0 Å². The van der Waals surface area contributed by atoms with Crippen LogP contribution < -0.4 is 5.32 Å². The molecule has 0 radical (unpaired) electrons. The first-order valence-electron chi connectivity index (χ1n) is 6.20. The van der Waals surface area contributed by atoms with Crippen LogP contribution in [0.25, 0.3) is 0 Å². The summed E-state index contributed by atoms with van der Waals surface area (Å²) in [5.74, 6) is 0. The predicted molar refractivity (Wildman–Crippen MR) is 65.3 cm³/mol. The first-order chi connectivity index (χ1) is 8.51. The van der Waals surface area contributed by atoms with Crippen molar-refractivity contribution in [3.05, 3.63) is 30.1 Å². The Kier molecular flexibility index (Phi) is 6.12. The second-order valence-corrected chi connectivity index (χ2v) is 4.31. The van der Waals surface area contributed by atoms with E-state index in [1.807, 2.05) is 19.1 Å². The molecule has 1 rings (SSSR count). The normalized spacial score (nSPS) is 13.6. The zero-order chi connectivity index (χ0) is 13.4. The fourth-order valence-corrected chi connectivity index (χ4v) is 1.86. The molecule has 2 nitrogen and oxygen atoms in total. The molecule has 0 saturated heterocycles. The summed E-state index contributed by atoms with van der Waals surface area (Å²) in [6.45, 7) is 2.60. The van der Waals surface area contributed by atoms with E-state index in [0.29, 0.717) is 13.0 Å². The Balaban J connectivity index is 2.38. The highest BCUT2D eigenvalue weighted by Crippen LogP contribution is 2.23. The summed E-state index contributed by atoms with van der Waals surface area (Å²) in [6.07, 6.45) is 0.248. The topological polar surface area (TPSA) is 24.9 Å². The van der Waals surface area contributed by atoms with Gasteiger partial charge in [-0.3, -0.25) is 4.98 Å². The molecule has 102 valence electrons. The largest absolute Gasteiger partial charge is 0.389 e. The molecule has 1 aromatic rings. The van der Waals surface area contributed by atoms with Gasteiger partial charge in [0, 0.05) is 24.9 Å². The number of aryl methyl sites for hydroxylation is 1. The van der Waals surface area contributed by atoms with Gasteiger partial charge in [0.2, 0.25) is 0 Å². The van der Waals surface area contributed by atoms with Crippen molar-refractivity contribution >= 4 is 0 Å². The van der Waals surface area contributed by atoms with E-state index in [2.05, 4.69) is 10.3 Å². The van der Waals surface area contributed by atoms with Crippen LogP contribution in [0, 0.1) is 0 Å². The Morgan fingerprint density at radius 3 is 2.67 bits per heavy atom. The van der Waals surface area contributed by atoms with Crippen LogP contribution in [-0.2, 0) is 6.42 Å². The average Bonchev–Trinajstić information content (AvgIpc) is 2.33. The molecule has 0 bridgehead atoms. The molecule has 0 aromatic carbocycles. The highest BCUT2D eigenvalue weighted by Gasteiger charge is 2.27. The van der Waals surface area contributed by atoms with Gasteiger partial charge in [-0.05, 0) is 37.4 Å². The van der Waals surface area contributed by atoms with Crippen LogP contribution in [0.3, 0.4) is 0 Å². The molecular weight excluding hydrogens is 241 g/mol. The quantitative estimate of drug-likeness (QED) is 0.813. The van der Waals surface area contributed by atoms with Crippen LogP contribution in [0.4, 0.5) is 13.2 Å². The Morgan fingerprint density at radius 1 is 1.33 bits per heavy atom. The van der Waals surface area contributed by atoms with Gasteiger partial charge >= 0.3 is 6.18 Å². The minimum Gasteiger partial charge on any atom is -0.314 e. The monoisotopic (exact) mass is 260 g/mol. The molecule has 0 amide bonds. The molecule has 0 aliphatic rings. The number of pyridine rings is 1. The minimum atomic E-state index is -4.07. The minimum absolute atomic E-state index is 0.0863. The number of hydrogen-bond donors (Lipinski definition) is 1. The summed E-state index contributed by atoms with van der Waals surface area (Å²) >= 11 is 0. The number of nitrogens with one attached hydrogen (secondary N) is 1. The average molecular weight is 260 g/mol. The Bertz CT molecular complexity index is 325. The predicted octanol–water partition coefficient (Wildman–Crippen LogP) is 3.33. The molecule has 0 saturated carbocycles. The van der Waals surface area contributed by atoms with Crippen molar-refractivity contribution in [3.8, 4) is 0 Å². The number of rotatable bonds is 7. The molecule has 1 heterocycles. The molecule has 1 atom stereocenters. The molecule has 0 fully saturated rings. The summed E-state index contributed by atoms with van der Waals surface area (Å²) in [4.78, 5) is 3.99. The van der Waals surface area contributed by atoms with E-state index in [9.17, 15) is 13.2 Å². The lowest BCUT2D eigenvalue weighted by Crippen LogP contribution is -2.30. The van der Waals surface area contributed by atoms with E-state index in [0.717, 1.165) is 12.0 Å². The van der Waals surface area contributed by atoms with E-state index >= 15 is 0 Å². The van der Waals surface area contributed by atoms with E-state index in [1.54, 1.807) is 12.4 Å². The maximum atomic E-state index is 12.2. The highest BCUT2D eigenvalue weighted by atomic mass is 19.4. The van der Waals surface area contributed by atoms with Gasteiger partial charge in [-0.1, -0.05) is 13.0 Å². The number of halogens is 3. The molecule has 0 spiro atoms. The van der Waals surface area contributed by atoms with Gasteiger partial charge in [0.1, 0.15) is 0 Å². The fourth-order valence-electron chi connectivity index (χ4n) is 1.86. The maximum Gasteiger partial charge on any atom is 0.389 e. The summed E-state index contributed by atoms with van der Waals surface area (Å²) in [5.41, 5.74) is 1.06. The third-order valence-corrected chi connectivity index (χ3v) is 2.77. The van der Waals surface area contributed by atoms with Crippen LogP contribution in [0.2, 0.25) is 0 Å². The lowest BCUT2D eigenvalue weighted by Gasteiger charge is -2.18. The fraction of sp³-hybridized carbons (Fsp3) is 0.615. The summed E-state index contributed by atoms with van der Waals surface area (Å²) in [5, 5.41) is 3.11. The Morgan fingerprint density at radius 2 is 2.11 bits per heavy atom. The van der Waals surface area contributed by atoms with Crippen LogP contribution in [0.5, 0.6) is 0 Å². The van der Waals surface area contributed by atoms with Crippen LogP contribution in [0.15, 0.2) is 24.5 Å². The van der Waals surface area contributed by atoms with Gasteiger partial charge in [0.25, 0.3) is 0 Å². The number of alkyl halides is 3. The molecule has 5 heteroatoms. The molecule has 1 aromatic heterocycles. The zero-order valence-electron chi connectivity index (χ0n) is 10.5. The number of aromatic nitrogens is 1. The van der Waals surface area contributed by atoms with Gasteiger partial charge in [-0.25, -0.2) is 0 Å². The van der Waals surface area contributed by atoms with Crippen molar-refractivity contribution in [2.24, 2.45) is 0 Å². The molecule has 1 unspecified atom stereocenters. The van der Waals surface area contributed by atoms with E-state index in [1.165, 1.54) is 0 Å². The molecular formula is C13H19F3N2. The van der Waals surface area contributed by atoms with Crippen molar-refractivity contribution in [3.63, 3.8) is 0 Å². The van der Waals surface area contributed by atoms with Crippen LogP contribution in [0.1, 0.15) is 31.7 Å². The number of hydrogen-bond acceptors (Lipinski definition) is 2. The van der Waals surface area contributed by atoms with Crippen molar-refractivity contribution in [1.29, 1.82) is 0 Å². The summed E-state index contributed by atoms with van der Waals surface area (Å²) in [7, 11) is 0. The maximum absolute atomic E-state index is 12.2. The summed E-state index contributed by atoms with van der Waals surface area (Å²) < 4.78 is 36.5. The standard InChI is InChI=1S/C13H19F3N2/c1-2-18-12(7-8-13(14,15)16)6-5-11-4-3-9-17-10-11/h3-4,9-10,12,18H,2,5-8H2,1H3. The lowest BCUT2D eigenvalue weighted by atomic mass is 10.0. The van der Waals surface area contributed by atoms with Crippen molar-refractivity contribution < 1.29 is 13.2 Å². The second-order valence-electron chi connectivity index (χ2n) is 4.31. The van der Waals surface area contributed by atoms with Crippen molar-refractivity contribution in [2.45, 2.75) is 44.8 Å². The summed E-state index contributed by atoms with van der Waals surface area (Å²) in [6, 6.07) is 3.70. The SMILES string of the molecule is CCNC(CCc1cccnc1)CCC(F)(F)F. The second kappa shape index (κ2) is 7.36. The van der Waals surface area contributed by atoms with E-state index < -0.39 is 12.6 Å². The van der Waals surface area contributed by atoms with Gasteiger partial charge in [-0.2, -0.15) is 13.2 Å². The third kappa shape index (κ3) is 6.59. The van der Waals surface area contributed by atoms with E-state index in [-0.39, 0.29) is 12.5 Å². The van der Waals surface area contributed by atoms with Crippen molar-refractivity contribution in [2.75, 3.05) is 6.54 Å². The number of nitrogens with zero attached hydrogens (tertiary/aromatic N) is 1. The van der Waals surface area contributed by atoms with Gasteiger partial charge in [-0.15, -0.1) is 0 Å². The Labute approximate surface area is 106 Å². The van der Waals surface area contributed by atoms with Crippen molar-refractivity contribution in [1.82, 2.24) is 10.3 Å². The Hall–Kier alpha value is -1.10. The third-order valence-electron chi connectivity index (χ3n) is 2.77. The molecule has 1 N–H and O–H groups in total. The first-order valence-corrected chi connectivity index (χ1v) is 6.20.